The van der Waals surface area contributed by atoms with Crippen LogP contribution in [0, 0.1) is 13.8 Å². The Kier molecular flexibility index (Phi) is 7.01. The highest BCUT2D eigenvalue weighted by atomic mass is 16.5. The van der Waals surface area contributed by atoms with Crippen LogP contribution in [0.3, 0.4) is 0 Å². The lowest BCUT2D eigenvalue weighted by Crippen LogP contribution is -2.43. The molecule has 0 radical (unpaired) electrons. The van der Waals surface area contributed by atoms with Crippen molar-refractivity contribution in [1.82, 2.24) is 20.4 Å². The predicted molar refractivity (Wildman–Crippen MR) is 102 cm³/mol. The number of nitrogens with zero attached hydrogens (tertiary/aromatic N) is 3. The molecular formula is C19H29N5O. The van der Waals surface area contributed by atoms with Gasteiger partial charge in [0.1, 0.15) is 0 Å². The van der Waals surface area contributed by atoms with Crippen LogP contribution in [-0.2, 0) is 11.3 Å². The van der Waals surface area contributed by atoms with Crippen molar-refractivity contribution < 1.29 is 4.74 Å². The van der Waals surface area contributed by atoms with E-state index in [0.29, 0.717) is 13.2 Å². The maximum atomic E-state index is 5.18. The molecule has 0 saturated carbocycles. The Bertz CT molecular complexity index is 693. The molecular weight excluding hydrogens is 314 g/mol. The summed E-state index contributed by atoms with van der Waals surface area (Å²) in [6.07, 6.45) is 0. The smallest absolute Gasteiger partial charge is 0.191 e. The maximum absolute atomic E-state index is 5.18. The summed E-state index contributed by atoms with van der Waals surface area (Å²) in [6, 6.07) is 10.4. The number of rotatable bonds is 7. The summed E-state index contributed by atoms with van der Waals surface area (Å²) in [4.78, 5) is 4.72. The second kappa shape index (κ2) is 9.22. The monoisotopic (exact) mass is 343 g/mol. The zero-order valence-corrected chi connectivity index (χ0v) is 15.8. The molecule has 6 heteroatoms. The zero-order chi connectivity index (χ0) is 18.2. The van der Waals surface area contributed by atoms with Crippen molar-refractivity contribution in [3.05, 3.63) is 47.3 Å². The van der Waals surface area contributed by atoms with E-state index < -0.39 is 0 Å². The number of aryl methyl sites for hydroxylation is 1. The van der Waals surface area contributed by atoms with E-state index in [2.05, 4.69) is 48.6 Å². The number of ether oxygens (including phenoxy) is 1. The second-order valence-electron chi connectivity index (χ2n) is 6.09. The third-order valence-electron chi connectivity index (χ3n) is 3.98. The minimum absolute atomic E-state index is 0.192. The highest BCUT2D eigenvalue weighted by molar-refractivity contribution is 5.80. The van der Waals surface area contributed by atoms with Crippen LogP contribution in [0.25, 0.3) is 5.69 Å². The molecule has 0 aliphatic carbocycles. The van der Waals surface area contributed by atoms with Crippen molar-refractivity contribution in [3.8, 4) is 5.69 Å². The van der Waals surface area contributed by atoms with Gasteiger partial charge in [0, 0.05) is 31.0 Å². The van der Waals surface area contributed by atoms with E-state index in [-0.39, 0.29) is 6.04 Å². The van der Waals surface area contributed by atoms with Crippen LogP contribution in [0.2, 0.25) is 0 Å². The predicted octanol–water partition coefficient (Wildman–Crippen LogP) is 2.58. The Morgan fingerprint density at radius 2 is 2.00 bits per heavy atom. The topological polar surface area (TPSA) is 63.5 Å². The average molecular weight is 343 g/mol. The molecule has 2 N–H and O–H groups in total. The van der Waals surface area contributed by atoms with Gasteiger partial charge in [-0.2, -0.15) is 5.10 Å². The van der Waals surface area contributed by atoms with Gasteiger partial charge in [-0.1, -0.05) is 18.2 Å². The van der Waals surface area contributed by atoms with Gasteiger partial charge in [-0.25, -0.2) is 9.67 Å². The highest BCUT2D eigenvalue weighted by Gasteiger charge is 2.13. The number of aliphatic imine (C=N–C) groups is 1. The number of nitrogens with one attached hydrogen (secondary N) is 2. The molecule has 1 aromatic carbocycles. The number of guanidine groups is 1. The van der Waals surface area contributed by atoms with Crippen LogP contribution in [0.4, 0.5) is 0 Å². The fourth-order valence-corrected chi connectivity index (χ4v) is 2.73. The van der Waals surface area contributed by atoms with Crippen molar-refractivity contribution in [3.63, 3.8) is 0 Å². The summed E-state index contributed by atoms with van der Waals surface area (Å²) in [7, 11) is 1.70. The summed E-state index contributed by atoms with van der Waals surface area (Å²) in [6.45, 7) is 10.3. The number of hydrogen-bond acceptors (Lipinski definition) is 3. The maximum Gasteiger partial charge on any atom is 0.191 e. The molecule has 2 rings (SSSR count). The first-order chi connectivity index (χ1) is 12.1. The van der Waals surface area contributed by atoms with Gasteiger partial charge < -0.3 is 15.4 Å². The van der Waals surface area contributed by atoms with Gasteiger partial charge >= 0.3 is 0 Å². The standard InChI is InChI=1S/C19H29N5O/c1-6-20-19(22-14(2)13-25-5)21-12-18-15(3)23-24(16(18)4)17-10-8-7-9-11-17/h7-11,14H,6,12-13H2,1-5H3,(H2,20,21,22). The lowest BCUT2D eigenvalue weighted by atomic mass is 10.2. The van der Waals surface area contributed by atoms with Gasteiger partial charge in [0.15, 0.2) is 5.96 Å². The molecule has 1 unspecified atom stereocenters. The third-order valence-corrected chi connectivity index (χ3v) is 3.98. The van der Waals surface area contributed by atoms with Crippen molar-refractivity contribution >= 4 is 5.96 Å². The van der Waals surface area contributed by atoms with Crippen LogP contribution in [0.5, 0.6) is 0 Å². The zero-order valence-electron chi connectivity index (χ0n) is 15.8. The Hall–Kier alpha value is -2.34. The largest absolute Gasteiger partial charge is 0.383 e. The molecule has 1 aromatic heterocycles. The fraction of sp³-hybridized carbons (Fsp3) is 0.474. The van der Waals surface area contributed by atoms with Crippen molar-refractivity contribution in [2.24, 2.45) is 4.99 Å². The van der Waals surface area contributed by atoms with Crippen molar-refractivity contribution in [2.75, 3.05) is 20.3 Å². The number of para-hydroxylation sites is 1. The lowest BCUT2D eigenvalue weighted by molar-refractivity contribution is 0.179. The van der Waals surface area contributed by atoms with E-state index in [4.69, 9.17) is 9.73 Å². The number of benzene rings is 1. The van der Waals surface area contributed by atoms with E-state index in [1.165, 1.54) is 0 Å². The molecule has 0 saturated heterocycles. The van der Waals surface area contributed by atoms with E-state index in [9.17, 15) is 0 Å². The number of hydrogen-bond donors (Lipinski definition) is 2. The van der Waals surface area contributed by atoms with Crippen LogP contribution in [0.1, 0.15) is 30.8 Å². The quantitative estimate of drug-likeness (QED) is 0.599. The SMILES string of the molecule is CCNC(=NCc1c(C)nn(-c2ccccc2)c1C)NC(C)COC. The first-order valence-electron chi connectivity index (χ1n) is 8.71. The van der Waals surface area contributed by atoms with Crippen molar-refractivity contribution in [1.29, 1.82) is 0 Å². The van der Waals surface area contributed by atoms with Gasteiger partial charge in [0.25, 0.3) is 0 Å². The Morgan fingerprint density at radius 1 is 1.28 bits per heavy atom. The highest BCUT2D eigenvalue weighted by Crippen LogP contribution is 2.18. The molecule has 1 heterocycles. The van der Waals surface area contributed by atoms with E-state index in [1.54, 1.807) is 7.11 Å². The minimum Gasteiger partial charge on any atom is -0.383 e. The minimum atomic E-state index is 0.192. The number of methoxy groups -OCH3 is 1. The van der Waals surface area contributed by atoms with Gasteiger partial charge in [-0.05, 0) is 39.8 Å². The second-order valence-corrected chi connectivity index (χ2v) is 6.09. The van der Waals surface area contributed by atoms with E-state index >= 15 is 0 Å². The molecule has 136 valence electrons. The Balaban J connectivity index is 2.19. The number of aromatic nitrogens is 2. The van der Waals surface area contributed by atoms with Crippen LogP contribution in [-0.4, -0.2) is 42.0 Å². The normalized spacial score (nSPS) is 12.9. The molecule has 0 fully saturated rings. The molecule has 0 spiro atoms. The van der Waals surface area contributed by atoms with Gasteiger partial charge in [0.05, 0.1) is 24.5 Å². The Morgan fingerprint density at radius 3 is 2.64 bits per heavy atom. The first kappa shape index (κ1) is 19.0. The molecule has 0 amide bonds. The van der Waals surface area contributed by atoms with Crippen LogP contribution >= 0.6 is 0 Å². The summed E-state index contributed by atoms with van der Waals surface area (Å²) in [5.74, 6) is 0.790. The molecule has 0 aliphatic rings. The Labute approximate surface area is 150 Å². The van der Waals surface area contributed by atoms with Crippen LogP contribution in [0.15, 0.2) is 35.3 Å². The third kappa shape index (κ3) is 5.06. The van der Waals surface area contributed by atoms with Crippen molar-refractivity contribution in [2.45, 2.75) is 40.3 Å². The molecule has 0 aliphatic heterocycles. The first-order valence-corrected chi connectivity index (χ1v) is 8.71. The van der Waals surface area contributed by atoms with Gasteiger partial charge in [0.2, 0.25) is 0 Å². The van der Waals surface area contributed by atoms with Gasteiger partial charge in [-0.15, -0.1) is 0 Å². The molecule has 25 heavy (non-hydrogen) atoms. The van der Waals surface area contributed by atoms with Crippen LogP contribution < -0.4 is 10.6 Å². The molecule has 1 atom stereocenters. The molecule has 6 nitrogen and oxygen atoms in total. The summed E-state index contributed by atoms with van der Waals surface area (Å²) in [5.41, 5.74) is 4.34. The van der Waals surface area contributed by atoms with E-state index in [0.717, 1.165) is 35.1 Å². The summed E-state index contributed by atoms with van der Waals surface area (Å²) >= 11 is 0. The molecule has 0 bridgehead atoms. The average Bonchev–Trinajstić information content (AvgIpc) is 2.88. The summed E-state index contributed by atoms with van der Waals surface area (Å²) < 4.78 is 7.16. The fourth-order valence-electron chi connectivity index (χ4n) is 2.73. The van der Waals surface area contributed by atoms with E-state index in [1.807, 2.05) is 29.8 Å². The lowest BCUT2D eigenvalue weighted by Gasteiger charge is -2.17. The molecule has 2 aromatic rings. The van der Waals surface area contributed by atoms with Gasteiger partial charge in [-0.3, -0.25) is 0 Å². The summed E-state index contributed by atoms with van der Waals surface area (Å²) in [5, 5.41) is 11.3.